The van der Waals surface area contributed by atoms with Crippen LogP contribution in [0.15, 0.2) is 35.7 Å². The summed E-state index contributed by atoms with van der Waals surface area (Å²) in [5, 5.41) is 4.77. The number of fused-ring (bicyclic) bond motifs is 1. The number of rotatable bonds is 3. The molecule has 2 amide bonds. The normalized spacial score (nSPS) is 18.9. The first-order chi connectivity index (χ1) is 12.2. The third-order valence-corrected chi connectivity index (χ3v) is 5.22. The van der Waals surface area contributed by atoms with Gasteiger partial charge >= 0.3 is 0 Å². The molecule has 25 heavy (non-hydrogen) atoms. The van der Waals surface area contributed by atoms with Gasteiger partial charge in [0, 0.05) is 18.3 Å². The number of ether oxygens (including phenoxy) is 2. The van der Waals surface area contributed by atoms with Crippen molar-refractivity contribution in [3.63, 3.8) is 0 Å². The summed E-state index contributed by atoms with van der Waals surface area (Å²) in [5.41, 5.74) is 0.643. The monoisotopic (exact) mass is 358 g/mol. The Morgan fingerprint density at radius 1 is 1.16 bits per heavy atom. The number of likely N-dealkylation sites (tertiary alicyclic amines) is 1. The highest BCUT2D eigenvalue weighted by Gasteiger charge is 2.35. The fraction of sp³-hybridized carbons (Fsp3) is 0.333. The van der Waals surface area contributed by atoms with Gasteiger partial charge in [0.2, 0.25) is 5.91 Å². The van der Waals surface area contributed by atoms with Crippen molar-refractivity contribution in [2.24, 2.45) is 0 Å². The number of carbonyl (C=O) groups excluding carboxylic acids is 2. The van der Waals surface area contributed by atoms with Crippen LogP contribution in [-0.4, -0.2) is 42.5 Å². The molecule has 7 heteroatoms. The molecule has 0 radical (unpaired) electrons. The molecule has 1 fully saturated rings. The lowest BCUT2D eigenvalue weighted by molar-refractivity contribution is -0.119. The van der Waals surface area contributed by atoms with Crippen molar-refractivity contribution < 1.29 is 19.1 Å². The number of thiophene rings is 1. The van der Waals surface area contributed by atoms with Gasteiger partial charge in [-0.1, -0.05) is 6.07 Å². The van der Waals surface area contributed by atoms with Crippen LogP contribution >= 0.6 is 11.3 Å². The van der Waals surface area contributed by atoms with Crippen LogP contribution in [0.2, 0.25) is 0 Å². The van der Waals surface area contributed by atoms with Gasteiger partial charge in [0.05, 0.1) is 4.88 Å². The molecule has 2 aromatic rings. The topological polar surface area (TPSA) is 67.9 Å². The number of anilines is 1. The lowest BCUT2D eigenvalue weighted by Gasteiger charge is -2.24. The lowest BCUT2D eigenvalue weighted by Crippen LogP contribution is -2.42. The summed E-state index contributed by atoms with van der Waals surface area (Å²) in [6.45, 7) is 1.63. The number of hydrogen-bond acceptors (Lipinski definition) is 5. The molecule has 0 aliphatic carbocycles. The first kappa shape index (κ1) is 16.0. The first-order valence-corrected chi connectivity index (χ1v) is 9.15. The van der Waals surface area contributed by atoms with Crippen molar-refractivity contribution in [1.29, 1.82) is 0 Å². The van der Waals surface area contributed by atoms with Gasteiger partial charge in [-0.25, -0.2) is 0 Å². The summed E-state index contributed by atoms with van der Waals surface area (Å²) in [4.78, 5) is 27.6. The van der Waals surface area contributed by atoms with E-state index in [0.29, 0.717) is 48.2 Å². The lowest BCUT2D eigenvalue weighted by atomic mass is 10.2. The molecule has 1 aromatic heterocycles. The van der Waals surface area contributed by atoms with E-state index in [1.165, 1.54) is 11.3 Å². The first-order valence-electron chi connectivity index (χ1n) is 8.27. The molecule has 130 valence electrons. The van der Waals surface area contributed by atoms with Crippen LogP contribution in [-0.2, 0) is 4.79 Å². The second-order valence-electron chi connectivity index (χ2n) is 5.98. The average molecular weight is 358 g/mol. The van der Waals surface area contributed by atoms with Crippen molar-refractivity contribution in [2.75, 3.05) is 25.1 Å². The zero-order chi connectivity index (χ0) is 17.2. The van der Waals surface area contributed by atoms with Gasteiger partial charge in [-0.3, -0.25) is 9.59 Å². The van der Waals surface area contributed by atoms with Crippen LogP contribution in [0.25, 0.3) is 0 Å². The molecule has 1 unspecified atom stereocenters. The Hall–Kier alpha value is -2.54. The van der Waals surface area contributed by atoms with Gasteiger partial charge in [-0.15, -0.1) is 11.3 Å². The Morgan fingerprint density at radius 3 is 2.80 bits per heavy atom. The molecule has 2 aliphatic heterocycles. The van der Waals surface area contributed by atoms with E-state index in [-0.39, 0.29) is 11.8 Å². The second kappa shape index (κ2) is 6.76. The summed E-state index contributed by atoms with van der Waals surface area (Å²) >= 11 is 1.40. The SMILES string of the molecule is O=C(Nc1ccc2c(c1)OCCO2)C1CCCN1C(=O)c1cccs1. The molecule has 3 heterocycles. The predicted molar refractivity (Wildman–Crippen MR) is 94.4 cm³/mol. The van der Waals surface area contributed by atoms with E-state index in [9.17, 15) is 9.59 Å². The third-order valence-electron chi connectivity index (χ3n) is 4.36. The van der Waals surface area contributed by atoms with Crippen molar-refractivity contribution in [3.8, 4) is 11.5 Å². The minimum absolute atomic E-state index is 0.0742. The molecular weight excluding hydrogens is 340 g/mol. The smallest absolute Gasteiger partial charge is 0.264 e. The van der Waals surface area contributed by atoms with E-state index in [0.717, 1.165) is 6.42 Å². The minimum atomic E-state index is -0.442. The number of nitrogens with zero attached hydrogens (tertiary/aromatic N) is 1. The van der Waals surface area contributed by atoms with E-state index in [4.69, 9.17) is 9.47 Å². The maximum atomic E-state index is 12.7. The van der Waals surface area contributed by atoms with E-state index in [1.807, 2.05) is 11.4 Å². The Labute approximate surface area is 149 Å². The number of benzene rings is 1. The fourth-order valence-corrected chi connectivity index (χ4v) is 3.85. The van der Waals surface area contributed by atoms with Crippen LogP contribution in [0.3, 0.4) is 0 Å². The number of hydrogen-bond donors (Lipinski definition) is 1. The Morgan fingerprint density at radius 2 is 2.00 bits per heavy atom. The molecule has 0 bridgehead atoms. The van der Waals surface area contributed by atoms with Gasteiger partial charge in [0.25, 0.3) is 5.91 Å². The molecule has 0 spiro atoms. The quantitative estimate of drug-likeness (QED) is 0.916. The third kappa shape index (κ3) is 3.19. The standard InChI is InChI=1S/C18H18N2O4S/c21-17(19-12-5-6-14-15(11-12)24-9-8-23-14)13-3-1-7-20(13)18(22)16-4-2-10-25-16/h2,4-6,10-11,13H,1,3,7-9H2,(H,19,21). The van der Waals surface area contributed by atoms with Crippen molar-refractivity contribution in [1.82, 2.24) is 4.90 Å². The van der Waals surface area contributed by atoms with Crippen LogP contribution in [0.5, 0.6) is 11.5 Å². The number of amides is 2. The molecule has 1 N–H and O–H groups in total. The molecule has 1 saturated heterocycles. The van der Waals surface area contributed by atoms with Crippen LogP contribution in [0.1, 0.15) is 22.5 Å². The Bertz CT molecular complexity index is 790. The molecule has 1 aromatic carbocycles. The largest absolute Gasteiger partial charge is 0.486 e. The summed E-state index contributed by atoms with van der Waals surface area (Å²) in [6.07, 6.45) is 1.50. The van der Waals surface area contributed by atoms with Crippen LogP contribution < -0.4 is 14.8 Å². The van der Waals surface area contributed by atoms with Gasteiger partial charge in [0.1, 0.15) is 19.3 Å². The molecule has 2 aliphatic rings. The van der Waals surface area contributed by atoms with Crippen molar-refractivity contribution >= 4 is 28.8 Å². The summed E-state index contributed by atoms with van der Waals surface area (Å²) in [5.74, 6) is 1.07. The van der Waals surface area contributed by atoms with Gasteiger partial charge in [0.15, 0.2) is 11.5 Å². The summed E-state index contributed by atoms with van der Waals surface area (Å²) in [6, 6.07) is 8.52. The van der Waals surface area contributed by atoms with E-state index in [1.54, 1.807) is 29.2 Å². The number of carbonyl (C=O) groups is 2. The highest BCUT2D eigenvalue weighted by molar-refractivity contribution is 7.12. The number of nitrogens with one attached hydrogen (secondary N) is 1. The highest BCUT2D eigenvalue weighted by atomic mass is 32.1. The van der Waals surface area contributed by atoms with Crippen molar-refractivity contribution in [2.45, 2.75) is 18.9 Å². The van der Waals surface area contributed by atoms with Gasteiger partial charge < -0.3 is 19.7 Å². The molecular formula is C18H18N2O4S. The molecule has 1 atom stereocenters. The zero-order valence-electron chi connectivity index (χ0n) is 13.6. The van der Waals surface area contributed by atoms with Gasteiger partial charge in [-0.05, 0) is 36.4 Å². The predicted octanol–water partition coefficient (Wildman–Crippen LogP) is 2.76. The van der Waals surface area contributed by atoms with E-state index in [2.05, 4.69) is 5.32 Å². The van der Waals surface area contributed by atoms with E-state index < -0.39 is 6.04 Å². The zero-order valence-corrected chi connectivity index (χ0v) is 14.4. The Balaban J connectivity index is 1.47. The summed E-state index contributed by atoms with van der Waals surface area (Å²) in [7, 11) is 0. The second-order valence-corrected chi connectivity index (χ2v) is 6.93. The molecule has 6 nitrogen and oxygen atoms in total. The maximum absolute atomic E-state index is 12.7. The summed E-state index contributed by atoms with van der Waals surface area (Å²) < 4.78 is 11.0. The van der Waals surface area contributed by atoms with Gasteiger partial charge in [-0.2, -0.15) is 0 Å². The fourth-order valence-electron chi connectivity index (χ4n) is 3.17. The van der Waals surface area contributed by atoms with E-state index >= 15 is 0 Å². The van der Waals surface area contributed by atoms with Crippen molar-refractivity contribution in [3.05, 3.63) is 40.6 Å². The van der Waals surface area contributed by atoms with Crippen LogP contribution in [0.4, 0.5) is 5.69 Å². The molecule has 0 saturated carbocycles. The highest BCUT2D eigenvalue weighted by Crippen LogP contribution is 2.33. The van der Waals surface area contributed by atoms with Crippen LogP contribution in [0, 0.1) is 0 Å². The average Bonchev–Trinajstić information content (AvgIpc) is 3.33. The maximum Gasteiger partial charge on any atom is 0.264 e. The molecule has 4 rings (SSSR count). The minimum Gasteiger partial charge on any atom is -0.486 e. The Kier molecular flexibility index (Phi) is 4.31.